The molecule has 0 saturated carbocycles. The highest BCUT2D eigenvalue weighted by molar-refractivity contribution is 9.10. The monoisotopic (exact) mass is 276 g/mol. The molecule has 1 aromatic carbocycles. The summed E-state index contributed by atoms with van der Waals surface area (Å²) in [6.07, 6.45) is 0. The zero-order valence-corrected chi connectivity index (χ0v) is 9.99. The fraction of sp³-hybridized carbons (Fsp3) is 0.0833. The van der Waals surface area contributed by atoms with Crippen LogP contribution in [0.15, 0.2) is 45.5 Å². The van der Waals surface area contributed by atoms with Gasteiger partial charge in [-0.3, -0.25) is 0 Å². The molecule has 2 rings (SSSR count). The number of benzene rings is 1. The number of halogens is 1. The predicted octanol–water partition coefficient (Wildman–Crippen LogP) is 3.53. The summed E-state index contributed by atoms with van der Waals surface area (Å²) in [7, 11) is 0. The largest absolute Gasteiger partial charge is 0.452 e. The van der Waals surface area contributed by atoms with Crippen LogP contribution in [0, 0.1) is 11.3 Å². The number of furan rings is 1. The minimum atomic E-state index is 0.560. The number of hydrogen-bond donors (Lipinski definition) is 1. The van der Waals surface area contributed by atoms with Crippen LogP contribution in [0.4, 0.5) is 5.69 Å². The van der Waals surface area contributed by atoms with Crippen molar-refractivity contribution >= 4 is 21.6 Å². The molecule has 4 heteroatoms. The average molecular weight is 277 g/mol. The highest BCUT2D eigenvalue weighted by Crippen LogP contribution is 2.17. The van der Waals surface area contributed by atoms with Crippen LogP contribution in [-0.4, -0.2) is 0 Å². The molecule has 80 valence electrons. The van der Waals surface area contributed by atoms with Crippen LogP contribution in [0.2, 0.25) is 0 Å². The minimum absolute atomic E-state index is 0.560. The van der Waals surface area contributed by atoms with Crippen LogP contribution in [-0.2, 0) is 6.54 Å². The summed E-state index contributed by atoms with van der Waals surface area (Å²) in [6, 6.07) is 13.2. The van der Waals surface area contributed by atoms with Gasteiger partial charge in [0.1, 0.15) is 11.8 Å². The van der Waals surface area contributed by atoms with Gasteiger partial charge in [-0.25, -0.2) is 0 Å². The molecule has 0 amide bonds. The van der Waals surface area contributed by atoms with Crippen molar-refractivity contribution in [2.45, 2.75) is 6.54 Å². The van der Waals surface area contributed by atoms with E-state index in [9.17, 15) is 0 Å². The summed E-state index contributed by atoms with van der Waals surface area (Å²) in [5.41, 5.74) is 1.45. The maximum atomic E-state index is 8.90. The number of nitrogens with zero attached hydrogens (tertiary/aromatic N) is 1. The van der Waals surface area contributed by atoms with Crippen LogP contribution < -0.4 is 5.32 Å². The Morgan fingerprint density at radius 1 is 1.25 bits per heavy atom. The van der Waals surface area contributed by atoms with Crippen molar-refractivity contribution < 1.29 is 4.42 Å². The van der Waals surface area contributed by atoms with Crippen molar-refractivity contribution in [1.82, 2.24) is 0 Å². The molecular weight excluding hydrogens is 268 g/mol. The molecule has 0 aliphatic carbocycles. The number of para-hydroxylation sites is 1. The molecule has 0 unspecified atom stereocenters. The molecule has 2 aromatic rings. The van der Waals surface area contributed by atoms with E-state index < -0.39 is 0 Å². The SMILES string of the molecule is N#Cc1ccccc1NCc1ccc(Br)o1. The summed E-state index contributed by atoms with van der Waals surface area (Å²) in [5.74, 6) is 0.819. The van der Waals surface area contributed by atoms with E-state index in [4.69, 9.17) is 9.68 Å². The Bertz CT molecular complexity index is 528. The van der Waals surface area contributed by atoms with Crippen LogP contribution in [0.5, 0.6) is 0 Å². The van der Waals surface area contributed by atoms with Gasteiger partial charge in [0.15, 0.2) is 4.67 Å². The first-order valence-electron chi connectivity index (χ1n) is 4.77. The topological polar surface area (TPSA) is 49.0 Å². The summed E-state index contributed by atoms with van der Waals surface area (Å²) < 4.78 is 6.06. The highest BCUT2D eigenvalue weighted by Gasteiger charge is 2.02. The molecule has 1 aromatic heterocycles. The third kappa shape index (κ3) is 2.44. The molecule has 0 bridgehead atoms. The zero-order valence-electron chi connectivity index (χ0n) is 8.40. The summed E-state index contributed by atoms with van der Waals surface area (Å²) in [6.45, 7) is 0.560. The molecule has 0 saturated heterocycles. The van der Waals surface area contributed by atoms with E-state index in [-0.39, 0.29) is 0 Å². The van der Waals surface area contributed by atoms with E-state index >= 15 is 0 Å². The molecule has 0 atom stereocenters. The van der Waals surface area contributed by atoms with E-state index in [2.05, 4.69) is 27.3 Å². The van der Waals surface area contributed by atoms with E-state index in [1.807, 2.05) is 30.3 Å². The molecular formula is C12H9BrN2O. The summed E-state index contributed by atoms with van der Waals surface area (Å²) >= 11 is 3.24. The van der Waals surface area contributed by atoms with Gasteiger partial charge >= 0.3 is 0 Å². The third-order valence-corrected chi connectivity index (χ3v) is 2.56. The number of rotatable bonds is 3. The summed E-state index contributed by atoms with van der Waals surface area (Å²) in [5, 5.41) is 12.1. The van der Waals surface area contributed by atoms with Gasteiger partial charge in [0, 0.05) is 0 Å². The molecule has 1 heterocycles. The lowest BCUT2D eigenvalue weighted by Gasteiger charge is -2.05. The molecule has 0 spiro atoms. The van der Waals surface area contributed by atoms with Gasteiger partial charge in [-0.2, -0.15) is 5.26 Å². The van der Waals surface area contributed by atoms with Crippen molar-refractivity contribution in [1.29, 1.82) is 5.26 Å². The fourth-order valence-electron chi connectivity index (χ4n) is 1.36. The lowest BCUT2D eigenvalue weighted by atomic mass is 10.2. The van der Waals surface area contributed by atoms with Gasteiger partial charge in [-0.1, -0.05) is 12.1 Å². The second-order valence-electron chi connectivity index (χ2n) is 3.22. The number of nitrogens with one attached hydrogen (secondary N) is 1. The minimum Gasteiger partial charge on any atom is -0.452 e. The number of nitriles is 1. The van der Waals surface area contributed by atoms with E-state index in [0.717, 1.165) is 11.4 Å². The predicted molar refractivity (Wildman–Crippen MR) is 64.9 cm³/mol. The molecule has 16 heavy (non-hydrogen) atoms. The quantitative estimate of drug-likeness (QED) is 0.933. The number of hydrogen-bond acceptors (Lipinski definition) is 3. The third-order valence-electron chi connectivity index (χ3n) is 2.13. The Morgan fingerprint density at radius 3 is 2.75 bits per heavy atom. The maximum absolute atomic E-state index is 8.90. The van der Waals surface area contributed by atoms with Gasteiger partial charge in [0.05, 0.1) is 17.8 Å². The van der Waals surface area contributed by atoms with Gasteiger partial charge < -0.3 is 9.73 Å². The molecule has 1 N–H and O–H groups in total. The lowest BCUT2D eigenvalue weighted by Crippen LogP contribution is -1.99. The van der Waals surface area contributed by atoms with Crippen molar-refractivity contribution in [3.63, 3.8) is 0 Å². The Hall–Kier alpha value is -1.73. The van der Waals surface area contributed by atoms with Crippen molar-refractivity contribution in [2.24, 2.45) is 0 Å². The highest BCUT2D eigenvalue weighted by atomic mass is 79.9. The second kappa shape index (κ2) is 4.86. The van der Waals surface area contributed by atoms with Crippen LogP contribution in [0.1, 0.15) is 11.3 Å². The Morgan fingerprint density at radius 2 is 2.06 bits per heavy atom. The lowest BCUT2D eigenvalue weighted by molar-refractivity contribution is 0.495. The second-order valence-corrected chi connectivity index (χ2v) is 4.00. The van der Waals surface area contributed by atoms with E-state index in [0.29, 0.717) is 16.8 Å². The molecule has 0 fully saturated rings. The van der Waals surface area contributed by atoms with Crippen molar-refractivity contribution in [3.8, 4) is 6.07 Å². The number of anilines is 1. The van der Waals surface area contributed by atoms with Gasteiger partial charge in [-0.05, 0) is 40.2 Å². The van der Waals surface area contributed by atoms with Crippen LogP contribution >= 0.6 is 15.9 Å². The summed E-state index contributed by atoms with van der Waals surface area (Å²) in [4.78, 5) is 0. The molecule has 3 nitrogen and oxygen atoms in total. The van der Waals surface area contributed by atoms with Gasteiger partial charge in [0.25, 0.3) is 0 Å². The first-order chi connectivity index (χ1) is 7.79. The van der Waals surface area contributed by atoms with Gasteiger partial charge in [-0.15, -0.1) is 0 Å². The Balaban J connectivity index is 2.08. The smallest absolute Gasteiger partial charge is 0.169 e. The fourth-order valence-corrected chi connectivity index (χ4v) is 1.70. The first-order valence-corrected chi connectivity index (χ1v) is 5.56. The molecule has 0 aliphatic rings. The molecule has 0 radical (unpaired) electrons. The first kappa shape index (κ1) is 10.8. The van der Waals surface area contributed by atoms with E-state index in [1.165, 1.54) is 0 Å². The van der Waals surface area contributed by atoms with Crippen LogP contribution in [0.25, 0.3) is 0 Å². The van der Waals surface area contributed by atoms with Crippen molar-refractivity contribution in [3.05, 3.63) is 52.4 Å². The van der Waals surface area contributed by atoms with Crippen molar-refractivity contribution in [2.75, 3.05) is 5.32 Å². The molecule has 0 aliphatic heterocycles. The van der Waals surface area contributed by atoms with Crippen LogP contribution in [0.3, 0.4) is 0 Å². The van der Waals surface area contributed by atoms with E-state index in [1.54, 1.807) is 6.07 Å². The Kier molecular flexibility index (Phi) is 3.28. The normalized spacial score (nSPS) is 9.75. The average Bonchev–Trinajstić information content (AvgIpc) is 2.73. The van der Waals surface area contributed by atoms with Gasteiger partial charge in [0.2, 0.25) is 0 Å². The Labute approximate surface area is 102 Å². The zero-order chi connectivity index (χ0) is 11.4. The standard InChI is InChI=1S/C12H9BrN2O/c13-12-6-5-10(16-12)8-15-11-4-2-1-3-9(11)7-14/h1-6,15H,8H2. The maximum Gasteiger partial charge on any atom is 0.169 e.